The molecule has 0 saturated carbocycles. The van der Waals surface area contributed by atoms with Crippen molar-refractivity contribution in [1.29, 1.82) is 0 Å². The van der Waals surface area contributed by atoms with Gasteiger partial charge in [0.25, 0.3) is 0 Å². The van der Waals surface area contributed by atoms with Crippen LogP contribution in [0.1, 0.15) is 32.1 Å². The molecule has 1 amide bonds. The van der Waals surface area contributed by atoms with E-state index in [0.29, 0.717) is 30.5 Å². The Morgan fingerprint density at radius 1 is 1.30 bits per heavy atom. The minimum absolute atomic E-state index is 0.0606. The van der Waals surface area contributed by atoms with Crippen LogP contribution in [0.5, 0.6) is 5.88 Å². The van der Waals surface area contributed by atoms with Crippen LogP contribution in [0.25, 0.3) is 0 Å². The molecule has 0 bridgehead atoms. The first-order chi connectivity index (χ1) is 9.72. The third-order valence-corrected chi connectivity index (χ3v) is 2.96. The molecule has 5 nitrogen and oxygen atoms in total. The highest BCUT2D eigenvalue weighted by Crippen LogP contribution is 2.10. The minimum Gasteiger partial charge on any atom is -0.476 e. The van der Waals surface area contributed by atoms with Gasteiger partial charge >= 0.3 is 0 Å². The van der Waals surface area contributed by atoms with E-state index in [1.807, 2.05) is 0 Å². The van der Waals surface area contributed by atoms with E-state index in [-0.39, 0.29) is 5.91 Å². The molecular formula is C14H22ClN3O2. The van der Waals surface area contributed by atoms with Gasteiger partial charge in [-0.2, -0.15) is 0 Å². The lowest BCUT2D eigenvalue weighted by Gasteiger charge is -2.07. The van der Waals surface area contributed by atoms with Crippen LogP contribution in [0.4, 0.5) is 0 Å². The Bertz CT molecular complexity index is 385. The predicted octanol–water partition coefficient (Wildman–Crippen LogP) is 2.14. The largest absolute Gasteiger partial charge is 0.476 e. The van der Waals surface area contributed by atoms with Gasteiger partial charge in [0.15, 0.2) is 0 Å². The lowest BCUT2D eigenvalue weighted by molar-refractivity contribution is -0.121. The number of amides is 1. The Hall–Kier alpha value is -1.33. The quantitative estimate of drug-likeness (QED) is 0.649. The summed E-state index contributed by atoms with van der Waals surface area (Å²) in [5, 5.41) is 3.38. The fraction of sp³-hybridized carbons (Fsp3) is 0.571. The van der Waals surface area contributed by atoms with Gasteiger partial charge < -0.3 is 15.8 Å². The first kappa shape index (κ1) is 16.7. The maximum atomic E-state index is 11.5. The Morgan fingerprint density at radius 3 is 2.80 bits per heavy atom. The number of nitrogens with zero attached hydrogens (tertiary/aromatic N) is 1. The van der Waals surface area contributed by atoms with Gasteiger partial charge in [0.1, 0.15) is 6.61 Å². The van der Waals surface area contributed by atoms with Crippen LogP contribution in [0.2, 0.25) is 5.02 Å². The molecule has 0 saturated heterocycles. The molecule has 6 heteroatoms. The first-order valence-electron chi connectivity index (χ1n) is 6.93. The molecular weight excluding hydrogens is 278 g/mol. The van der Waals surface area contributed by atoms with Crippen molar-refractivity contribution in [3.63, 3.8) is 0 Å². The molecule has 0 aromatic carbocycles. The maximum absolute atomic E-state index is 11.5. The van der Waals surface area contributed by atoms with Crippen molar-refractivity contribution in [2.75, 3.05) is 19.7 Å². The molecule has 0 aliphatic rings. The summed E-state index contributed by atoms with van der Waals surface area (Å²) in [4.78, 5) is 15.5. The number of nitrogens with one attached hydrogen (secondary N) is 1. The topological polar surface area (TPSA) is 77.2 Å². The van der Waals surface area contributed by atoms with Crippen molar-refractivity contribution in [3.8, 4) is 5.88 Å². The maximum Gasteiger partial charge on any atom is 0.220 e. The molecule has 0 spiro atoms. The number of halogens is 1. The SMILES string of the molecule is NCCCCCCC(=O)NCCOc1ccc(Cl)cn1. The zero-order chi connectivity index (χ0) is 14.6. The first-order valence-corrected chi connectivity index (χ1v) is 7.31. The van der Waals surface area contributed by atoms with E-state index in [9.17, 15) is 4.79 Å². The molecule has 112 valence electrons. The lowest BCUT2D eigenvalue weighted by atomic mass is 10.1. The van der Waals surface area contributed by atoms with E-state index in [1.165, 1.54) is 6.20 Å². The molecule has 1 aromatic rings. The normalized spacial score (nSPS) is 10.3. The summed E-state index contributed by atoms with van der Waals surface area (Å²) in [5.41, 5.74) is 5.40. The van der Waals surface area contributed by atoms with E-state index < -0.39 is 0 Å². The number of ether oxygens (including phenoxy) is 1. The molecule has 0 unspecified atom stereocenters. The summed E-state index contributed by atoms with van der Waals surface area (Å²) in [5.74, 6) is 0.566. The molecule has 0 radical (unpaired) electrons. The summed E-state index contributed by atoms with van der Waals surface area (Å²) in [6.07, 6.45) is 6.17. The fourth-order valence-electron chi connectivity index (χ4n) is 1.67. The number of rotatable bonds is 10. The second kappa shape index (κ2) is 10.5. The number of pyridine rings is 1. The third-order valence-electron chi connectivity index (χ3n) is 2.73. The van der Waals surface area contributed by atoms with Crippen molar-refractivity contribution < 1.29 is 9.53 Å². The number of unbranched alkanes of at least 4 members (excludes halogenated alkanes) is 3. The number of carbonyl (C=O) groups excluding carboxylic acids is 1. The number of nitrogens with two attached hydrogens (primary N) is 1. The van der Waals surface area contributed by atoms with Crippen molar-refractivity contribution in [3.05, 3.63) is 23.4 Å². The number of hydrogen-bond donors (Lipinski definition) is 2. The molecule has 1 heterocycles. The van der Waals surface area contributed by atoms with Crippen LogP contribution in [0, 0.1) is 0 Å². The van der Waals surface area contributed by atoms with Gasteiger partial charge in [-0.1, -0.05) is 24.4 Å². The van der Waals surface area contributed by atoms with E-state index in [2.05, 4.69) is 10.3 Å². The summed E-state index contributed by atoms with van der Waals surface area (Å²) in [7, 11) is 0. The molecule has 1 aromatic heterocycles. The second-order valence-corrected chi connectivity index (χ2v) is 4.90. The van der Waals surface area contributed by atoms with Gasteiger partial charge in [-0.05, 0) is 25.5 Å². The Morgan fingerprint density at radius 2 is 2.10 bits per heavy atom. The highest BCUT2D eigenvalue weighted by molar-refractivity contribution is 6.30. The summed E-state index contributed by atoms with van der Waals surface area (Å²) in [6, 6.07) is 3.41. The molecule has 0 atom stereocenters. The molecule has 0 fully saturated rings. The van der Waals surface area contributed by atoms with Gasteiger partial charge in [0, 0.05) is 18.7 Å². The lowest BCUT2D eigenvalue weighted by Crippen LogP contribution is -2.27. The van der Waals surface area contributed by atoms with Crippen LogP contribution in [-0.2, 0) is 4.79 Å². The smallest absolute Gasteiger partial charge is 0.220 e. The minimum atomic E-state index is 0.0606. The molecule has 0 aliphatic carbocycles. The number of carbonyl (C=O) groups is 1. The van der Waals surface area contributed by atoms with Gasteiger partial charge in [-0.3, -0.25) is 4.79 Å². The Balaban J connectivity index is 2.00. The second-order valence-electron chi connectivity index (χ2n) is 4.47. The number of aromatic nitrogens is 1. The van der Waals surface area contributed by atoms with Crippen molar-refractivity contribution in [2.24, 2.45) is 5.73 Å². The molecule has 1 rings (SSSR count). The average Bonchev–Trinajstić information content (AvgIpc) is 2.45. The van der Waals surface area contributed by atoms with Gasteiger partial charge in [0.05, 0.1) is 11.6 Å². The molecule has 3 N–H and O–H groups in total. The van der Waals surface area contributed by atoms with E-state index in [1.54, 1.807) is 12.1 Å². The zero-order valence-corrected chi connectivity index (χ0v) is 12.4. The molecule has 0 aliphatic heterocycles. The van der Waals surface area contributed by atoms with Crippen LogP contribution in [-0.4, -0.2) is 30.6 Å². The van der Waals surface area contributed by atoms with E-state index >= 15 is 0 Å². The Labute approximate surface area is 124 Å². The van der Waals surface area contributed by atoms with Gasteiger partial charge in [0.2, 0.25) is 11.8 Å². The van der Waals surface area contributed by atoms with Gasteiger partial charge in [-0.25, -0.2) is 4.98 Å². The summed E-state index contributed by atoms with van der Waals surface area (Å²) >= 11 is 5.71. The number of hydrogen-bond acceptors (Lipinski definition) is 4. The van der Waals surface area contributed by atoms with Crippen molar-refractivity contribution >= 4 is 17.5 Å². The van der Waals surface area contributed by atoms with Crippen molar-refractivity contribution in [2.45, 2.75) is 32.1 Å². The third kappa shape index (κ3) is 7.96. The summed E-state index contributed by atoms with van der Waals surface area (Å²) in [6.45, 7) is 1.60. The fourth-order valence-corrected chi connectivity index (χ4v) is 1.78. The van der Waals surface area contributed by atoms with Crippen LogP contribution >= 0.6 is 11.6 Å². The highest BCUT2D eigenvalue weighted by Gasteiger charge is 2.01. The standard InChI is InChI=1S/C14H22ClN3O2/c15-12-6-7-14(18-11-12)20-10-9-17-13(19)5-3-1-2-4-8-16/h6-7,11H,1-5,8-10,16H2,(H,17,19). The highest BCUT2D eigenvalue weighted by atomic mass is 35.5. The van der Waals surface area contributed by atoms with Crippen LogP contribution in [0.3, 0.4) is 0 Å². The van der Waals surface area contributed by atoms with E-state index in [4.69, 9.17) is 22.1 Å². The average molecular weight is 300 g/mol. The molecule has 20 heavy (non-hydrogen) atoms. The van der Waals surface area contributed by atoms with E-state index in [0.717, 1.165) is 32.2 Å². The monoisotopic (exact) mass is 299 g/mol. The van der Waals surface area contributed by atoms with Gasteiger partial charge in [-0.15, -0.1) is 0 Å². The summed E-state index contributed by atoms with van der Waals surface area (Å²) < 4.78 is 5.37. The Kier molecular flexibility index (Phi) is 8.74. The van der Waals surface area contributed by atoms with Crippen molar-refractivity contribution in [1.82, 2.24) is 10.3 Å². The van der Waals surface area contributed by atoms with Crippen LogP contribution in [0.15, 0.2) is 18.3 Å². The zero-order valence-electron chi connectivity index (χ0n) is 11.6. The predicted molar refractivity (Wildman–Crippen MR) is 79.9 cm³/mol. The van der Waals surface area contributed by atoms with Crippen LogP contribution < -0.4 is 15.8 Å².